The Morgan fingerprint density at radius 3 is 2.53 bits per heavy atom. The molecule has 0 spiro atoms. The summed E-state index contributed by atoms with van der Waals surface area (Å²) in [6.07, 6.45) is 0.151. The fraction of sp³-hybridized carbons (Fsp3) is 0.250. The second-order valence-corrected chi connectivity index (χ2v) is 4.65. The summed E-state index contributed by atoms with van der Waals surface area (Å²) in [5, 5.41) is 9.98. The Balaban J connectivity index is 2.05. The van der Waals surface area contributed by atoms with Gasteiger partial charge >= 0.3 is 0 Å². The second-order valence-electron chi connectivity index (χ2n) is 4.65. The van der Waals surface area contributed by atoms with E-state index in [0.29, 0.717) is 12.8 Å². The van der Waals surface area contributed by atoms with Crippen LogP contribution in [0.4, 0.5) is 8.78 Å². The molecule has 19 heavy (non-hydrogen) atoms. The van der Waals surface area contributed by atoms with Crippen LogP contribution in [0.15, 0.2) is 42.5 Å². The van der Waals surface area contributed by atoms with Gasteiger partial charge < -0.3 is 5.11 Å². The molecule has 2 aromatic rings. The SMILES string of the molecule is Cc1ccccc1CCC(O)c1ccc(F)cc1F. The summed E-state index contributed by atoms with van der Waals surface area (Å²) in [6, 6.07) is 11.1. The predicted molar refractivity (Wildman–Crippen MR) is 70.8 cm³/mol. The Labute approximate surface area is 111 Å². The molecule has 0 aromatic heterocycles. The number of aliphatic hydroxyl groups is 1. The number of rotatable bonds is 4. The molecule has 0 amide bonds. The third-order valence-electron chi connectivity index (χ3n) is 3.27. The molecule has 0 heterocycles. The van der Waals surface area contributed by atoms with Crippen molar-refractivity contribution in [2.24, 2.45) is 0 Å². The summed E-state index contributed by atoms with van der Waals surface area (Å²) in [5.74, 6) is -1.33. The summed E-state index contributed by atoms with van der Waals surface area (Å²) in [7, 11) is 0. The highest BCUT2D eigenvalue weighted by Gasteiger charge is 2.13. The predicted octanol–water partition coefficient (Wildman–Crippen LogP) is 3.94. The van der Waals surface area contributed by atoms with E-state index in [1.807, 2.05) is 31.2 Å². The summed E-state index contributed by atoms with van der Waals surface area (Å²) < 4.78 is 26.3. The minimum atomic E-state index is -0.916. The maximum Gasteiger partial charge on any atom is 0.131 e. The third-order valence-corrected chi connectivity index (χ3v) is 3.27. The lowest BCUT2D eigenvalue weighted by molar-refractivity contribution is 0.163. The molecule has 0 saturated carbocycles. The first kappa shape index (κ1) is 13.7. The van der Waals surface area contributed by atoms with E-state index < -0.39 is 17.7 Å². The highest BCUT2D eigenvalue weighted by Crippen LogP contribution is 2.23. The zero-order valence-corrected chi connectivity index (χ0v) is 10.7. The lowest BCUT2D eigenvalue weighted by atomic mass is 9.98. The maximum absolute atomic E-state index is 13.5. The molecule has 1 nitrogen and oxygen atoms in total. The van der Waals surface area contributed by atoms with E-state index in [9.17, 15) is 13.9 Å². The van der Waals surface area contributed by atoms with Crippen molar-refractivity contribution < 1.29 is 13.9 Å². The minimum absolute atomic E-state index is 0.148. The molecule has 2 rings (SSSR count). The van der Waals surface area contributed by atoms with Gasteiger partial charge in [0, 0.05) is 11.6 Å². The fourth-order valence-corrected chi connectivity index (χ4v) is 2.11. The molecule has 0 saturated heterocycles. The molecule has 0 aliphatic carbocycles. The van der Waals surface area contributed by atoms with Crippen molar-refractivity contribution in [3.8, 4) is 0 Å². The van der Waals surface area contributed by atoms with E-state index in [4.69, 9.17) is 0 Å². The largest absolute Gasteiger partial charge is 0.388 e. The van der Waals surface area contributed by atoms with E-state index in [1.165, 1.54) is 6.07 Å². The normalized spacial score (nSPS) is 12.4. The lowest BCUT2D eigenvalue weighted by Gasteiger charge is -2.13. The highest BCUT2D eigenvalue weighted by atomic mass is 19.1. The Kier molecular flexibility index (Phi) is 4.27. The molecule has 0 bridgehead atoms. The minimum Gasteiger partial charge on any atom is -0.388 e. The van der Waals surface area contributed by atoms with Crippen LogP contribution in [-0.4, -0.2) is 5.11 Å². The van der Waals surface area contributed by atoms with E-state index in [0.717, 1.165) is 23.3 Å². The summed E-state index contributed by atoms with van der Waals surface area (Å²) >= 11 is 0. The first-order valence-electron chi connectivity index (χ1n) is 6.25. The topological polar surface area (TPSA) is 20.2 Å². The van der Waals surface area contributed by atoms with Gasteiger partial charge in [-0.05, 0) is 37.0 Å². The van der Waals surface area contributed by atoms with E-state index in [1.54, 1.807) is 0 Å². The molecule has 100 valence electrons. The number of aryl methyl sites for hydroxylation is 2. The molecule has 0 fully saturated rings. The Morgan fingerprint density at radius 2 is 1.84 bits per heavy atom. The number of hydrogen-bond acceptors (Lipinski definition) is 1. The maximum atomic E-state index is 13.5. The van der Waals surface area contributed by atoms with Crippen molar-refractivity contribution in [3.05, 3.63) is 70.8 Å². The first-order chi connectivity index (χ1) is 9.08. The molecule has 3 heteroatoms. The van der Waals surface area contributed by atoms with E-state index >= 15 is 0 Å². The number of halogens is 2. The van der Waals surface area contributed by atoms with Crippen LogP contribution in [0.5, 0.6) is 0 Å². The quantitative estimate of drug-likeness (QED) is 0.884. The zero-order chi connectivity index (χ0) is 13.8. The van der Waals surface area contributed by atoms with Crippen molar-refractivity contribution in [2.45, 2.75) is 25.9 Å². The number of benzene rings is 2. The van der Waals surface area contributed by atoms with Gasteiger partial charge in [-0.2, -0.15) is 0 Å². The summed E-state index contributed by atoms with van der Waals surface area (Å²) in [4.78, 5) is 0. The van der Waals surface area contributed by atoms with Crippen LogP contribution in [0.2, 0.25) is 0 Å². The molecular formula is C16H16F2O. The van der Waals surface area contributed by atoms with Crippen molar-refractivity contribution in [3.63, 3.8) is 0 Å². The van der Waals surface area contributed by atoms with Crippen LogP contribution in [0.3, 0.4) is 0 Å². The van der Waals surface area contributed by atoms with Gasteiger partial charge in [0.1, 0.15) is 11.6 Å². The van der Waals surface area contributed by atoms with Crippen LogP contribution in [0.1, 0.15) is 29.2 Å². The number of hydrogen-bond donors (Lipinski definition) is 1. The van der Waals surface area contributed by atoms with E-state index in [-0.39, 0.29) is 5.56 Å². The van der Waals surface area contributed by atoms with Crippen LogP contribution in [0, 0.1) is 18.6 Å². The van der Waals surface area contributed by atoms with Gasteiger partial charge in [0.15, 0.2) is 0 Å². The van der Waals surface area contributed by atoms with Gasteiger partial charge in [-0.3, -0.25) is 0 Å². The monoisotopic (exact) mass is 262 g/mol. The third kappa shape index (κ3) is 3.38. The van der Waals surface area contributed by atoms with Crippen molar-refractivity contribution in [2.75, 3.05) is 0 Å². The summed E-state index contributed by atoms with van der Waals surface area (Å²) in [5.41, 5.74) is 2.42. The molecule has 1 unspecified atom stereocenters. The molecule has 1 N–H and O–H groups in total. The van der Waals surface area contributed by atoms with Crippen molar-refractivity contribution in [1.82, 2.24) is 0 Å². The molecular weight excluding hydrogens is 246 g/mol. The van der Waals surface area contributed by atoms with Gasteiger partial charge in [-0.1, -0.05) is 30.3 Å². The van der Waals surface area contributed by atoms with Gasteiger partial charge in [-0.25, -0.2) is 8.78 Å². The van der Waals surface area contributed by atoms with Gasteiger partial charge in [0.2, 0.25) is 0 Å². The average molecular weight is 262 g/mol. The Morgan fingerprint density at radius 1 is 1.11 bits per heavy atom. The van der Waals surface area contributed by atoms with Crippen LogP contribution >= 0.6 is 0 Å². The molecule has 0 aliphatic rings. The molecule has 2 aromatic carbocycles. The second kappa shape index (κ2) is 5.93. The molecule has 0 aliphatic heterocycles. The van der Waals surface area contributed by atoms with E-state index in [2.05, 4.69) is 0 Å². The first-order valence-corrected chi connectivity index (χ1v) is 6.25. The average Bonchev–Trinajstić information content (AvgIpc) is 2.37. The lowest BCUT2D eigenvalue weighted by Crippen LogP contribution is -2.03. The zero-order valence-electron chi connectivity index (χ0n) is 10.7. The van der Waals surface area contributed by atoms with Gasteiger partial charge in [0.25, 0.3) is 0 Å². The number of aliphatic hydroxyl groups excluding tert-OH is 1. The fourth-order valence-electron chi connectivity index (χ4n) is 2.11. The van der Waals surface area contributed by atoms with Crippen molar-refractivity contribution in [1.29, 1.82) is 0 Å². The summed E-state index contributed by atoms with van der Waals surface area (Å²) in [6.45, 7) is 2.00. The van der Waals surface area contributed by atoms with Crippen LogP contribution < -0.4 is 0 Å². The van der Waals surface area contributed by atoms with Crippen LogP contribution in [0.25, 0.3) is 0 Å². The molecule has 1 atom stereocenters. The Bertz CT molecular complexity index is 566. The smallest absolute Gasteiger partial charge is 0.131 e. The van der Waals surface area contributed by atoms with Crippen molar-refractivity contribution >= 4 is 0 Å². The highest BCUT2D eigenvalue weighted by molar-refractivity contribution is 5.26. The van der Waals surface area contributed by atoms with Gasteiger partial charge in [-0.15, -0.1) is 0 Å². The Hall–Kier alpha value is -1.74. The van der Waals surface area contributed by atoms with Gasteiger partial charge in [0.05, 0.1) is 6.10 Å². The standard InChI is InChI=1S/C16H16F2O/c1-11-4-2-3-5-12(11)6-9-16(19)14-8-7-13(17)10-15(14)18/h2-5,7-8,10,16,19H,6,9H2,1H3. The van der Waals surface area contributed by atoms with Crippen LogP contribution in [-0.2, 0) is 6.42 Å². The molecule has 0 radical (unpaired) electrons.